The maximum Gasteiger partial charge on any atom is 0.222 e. The van der Waals surface area contributed by atoms with Gasteiger partial charge in [-0.15, -0.1) is 0 Å². The van der Waals surface area contributed by atoms with Gasteiger partial charge in [0.1, 0.15) is 0 Å². The standard InChI is InChI=1S/C15H13ClN4/c1-10-5-6-13-14(7-10)19-15(18-13)20-17-9-11-3-2-4-12(16)8-11/h2-9H,1H3,(H2,18,19,20)/b17-9-. The van der Waals surface area contributed by atoms with E-state index in [-0.39, 0.29) is 0 Å². The molecule has 1 heterocycles. The number of benzene rings is 2. The van der Waals surface area contributed by atoms with Crippen molar-refractivity contribution in [1.82, 2.24) is 9.97 Å². The van der Waals surface area contributed by atoms with Crippen LogP contribution < -0.4 is 5.43 Å². The van der Waals surface area contributed by atoms with Crippen molar-refractivity contribution in [1.29, 1.82) is 0 Å². The van der Waals surface area contributed by atoms with Crippen LogP contribution in [0, 0.1) is 6.92 Å². The largest absolute Gasteiger partial charge is 0.323 e. The van der Waals surface area contributed by atoms with Gasteiger partial charge in [0.2, 0.25) is 5.95 Å². The Kier molecular flexibility index (Phi) is 3.39. The molecule has 100 valence electrons. The molecular formula is C15H13ClN4. The average molecular weight is 285 g/mol. The van der Waals surface area contributed by atoms with Gasteiger partial charge in [-0.05, 0) is 42.3 Å². The van der Waals surface area contributed by atoms with Crippen LogP contribution in [0.25, 0.3) is 11.0 Å². The van der Waals surface area contributed by atoms with Crippen LogP contribution in [0.2, 0.25) is 5.02 Å². The normalized spacial score (nSPS) is 11.3. The Bertz CT molecular complexity index is 776. The smallest absolute Gasteiger partial charge is 0.222 e. The molecule has 1 aromatic heterocycles. The summed E-state index contributed by atoms with van der Waals surface area (Å²) >= 11 is 5.91. The Hall–Kier alpha value is -2.33. The Morgan fingerprint density at radius 1 is 1.25 bits per heavy atom. The minimum atomic E-state index is 0.615. The average Bonchev–Trinajstić information content (AvgIpc) is 2.80. The predicted molar refractivity (Wildman–Crippen MR) is 83.5 cm³/mol. The molecule has 4 nitrogen and oxygen atoms in total. The molecule has 0 radical (unpaired) electrons. The molecule has 0 aliphatic heterocycles. The number of aryl methyl sites for hydroxylation is 1. The summed E-state index contributed by atoms with van der Waals surface area (Å²) in [6, 6.07) is 13.5. The van der Waals surface area contributed by atoms with Crippen molar-refractivity contribution in [3.05, 3.63) is 58.6 Å². The fourth-order valence-electron chi connectivity index (χ4n) is 1.93. The Balaban J connectivity index is 1.76. The summed E-state index contributed by atoms with van der Waals surface area (Å²) in [5.41, 5.74) is 6.90. The third kappa shape index (κ3) is 2.81. The zero-order valence-corrected chi connectivity index (χ0v) is 11.6. The number of hydrogen-bond donors (Lipinski definition) is 2. The lowest BCUT2D eigenvalue weighted by atomic mass is 10.2. The van der Waals surface area contributed by atoms with E-state index in [1.54, 1.807) is 6.21 Å². The van der Waals surface area contributed by atoms with Crippen LogP contribution in [-0.4, -0.2) is 16.2 Å². The highest BCUT2D eigenvalue weighted by Gasteiger charge is 2.01. The van der Waals surface area contributed by atoms with Gasteiger partial charge in [-0.25, -0.2) is 10.4 Å². The van der Waals surface area contributed by atoms with Crippen molar-refractivity contribution in [3.8, 4) is 0 Å². The number of H-pyrrole nitrogens is 1. The van der Waals surface area contributed by atoms with Crippen LogP contribution in [0.1, 0.15) is 11.1 Å². The van der Waals surface area contributed by atoms with Crippen LogP contribution in [0.15, 0.2) is 47.6 Å². The number of imidazole rings is 1. The number of halogens is 1. The fourth-order valence-corrected chi connectivity index (χ4v) is 2.13. The van der Waals surface area contributed by atoms with E-state index in [1.807, 2.05) is 49.4 Å². The minimum absolute atomic E-state index is 0.615. The number of hydrazone groups is 1. The van der Waals surface area contributed by atoms with E-state index < -0.39 is 0 Å². The number of nitrogens with zero attached hydrogens (tertiary/aromatic N) is 2. The van der Waals surface area contributed by atoms with Crippen LogP contribution in [0.5, 0.6) is 0 Å². The van der Waals surface area contributed by atoms with Gasteiger partial charge in [0, 0.05) is 5.02 Å². The zero-order valence-electron chi connectivity index (χ0n) is 10.9. The number of rotatable bonds is 3. The first kappa shape index (κ1) is 12.7. The van der Waals surface area contributed by atoms with Gasteiger partial charge in [0.25, 0.3) is 0 Å². The molecule has 3 aromatic rings. The molecule has 0 atom stereocenters. The molecule has 0 saturated carbocycles. The lowest BCUT2D eigenvalue weighted by Crippen LogP contribution is -1.92. The van der Waals surface area contributed by atoms with Crippen molar-refractivity contribution in [2.75, 3.05) is 5.43 Å². The molecule has 5 heteroatoms. The van der Waals surface area contributed by atoms with E-state index in [9.17, 15) is 0 Å². The summed E-state index contributed by atoms with van der Waals surface area (Å²) in [5.74, 6) is 0.615. The van der Waals surface area contributed by atoms with Gasteiger partial charge in [0.05, 0.1) is 17.2 Å². The van der Waals surface area contributed by atoms with Gasteiger partial charge < -0.3 is 4.98 Å². The van der Waals surface area contributed by atoms with E-state index in [4.69, 9.17) is 11.6 Å². The topological polar surface area (TPSA) is 53.1 Å². The highest BCUT2D eigenvalue weighted by molar-refractivity contribution is 6.30. The Morgan fingerprint density at radius 3 is 3.00 bits per heavy atom. The summed E-state index contributed by atoms with van der Waals surface area (Å²) in [6.45, 7) is 2.05. The van der Waals surface area contributed by atoms with Crippen molar-refractivity contribution in [3.63, 3.8) is 0 Å². The van der Waals surface area contributed by atoms with Crippen LogP contribution in [0.3, 0.4) is 0 Å². The minimum Gasteiger partial charge on any atom is -0.323 e. The van der Waals surface area contributed by atoms with Crippen LogP contribution in [0.4, 0.5) is 5.95 Å². The van der Waals surface area contributed by atoms with Gasteiger partial charge in [-0.2, -0.15) is 5.10 Å². The second-order valence-electron chi connectivity index (χ2n) is 4.53. The number of anilines is 1. The summed E-state index contributed by atoms with van der Waals surface area (Å²) in [5, 5.41) is 4.83. The number of fused-ring (bicyclic) bond motifs is 1. The monoisotopic (exact) mass is 284 g/mol. The summed E-state index contributed by atoms with van der Waals surface area (Å²) < 4.78 is 0. The maximum atomic E-state index is 5.91. The fraction of sp³-hybridized carbons (Fsp3) is 0.0667. The number of nitrogens with one attached hydrogen (secondary N) is 2. The molecular weight excluding hydrogens is 272 g/mol. The molecule has 0 bridgehead atoms. The van der Waals surface area contributed by atoms with Gasteiger partial charge in [-0.1, -0.05) is 29.8 Å². The number of aromatic nitrogens is 2. The van der Waals surface area contributed by atoms with Gasteiger partial charge in [0.15, 0.2) is 0 Å². The molecule has 0 saturated heterocycles. The van der Waals surface area contributed by atoms with Crippen LogP contribution in [-0.2, 0) is 0 Å². The SMILES string of the molecule is Cc1ccc2nc(N/N=C\c3cccc(Cl)c3)[nH]c2c1. The first-order valence-corrected chi connectivity index (χ1v) is 6.59. The summed E-state index contributed by atoms with van der Waals surface area (Å²) in [7, 11) is 0. The lowest BCUT2D eigenvalue weighted by Gasteiger charge is -1.95. The zero-order chi connectivity index (χ0) is 13.9. The molecule has 0 spiro atoms. The summed E-state index contributed by atoms with van der Waals surface area (Å²) in [4.78, 5) is 7.57. The molecule has 0 fully saturated rings. The van der Waals surface area contributed by atoms with Crippen LogP contribution >= 0.6 is 11.6 Å². The second-order valence-corrected chi connectivity index (χ2v) is 4.97. The second kappa shape index (κ2) is 5.35. The van der Waals surface area contributed by atoms with E-state index in [2.05, 4.69) is 20.5 Å². The third-order valence-electron chi connectivity index (χ3n) is 2.87. The molecule has 0 aliphatic carbocycles. The van der Waals surface area contributed by atoms with E-state index in [0.717, 1.165) is 16.6 Å². The maximum absolute atomic E-state index is 5.91. The number of aromatic amines is 1. The van der Waals surface area contributed by atoms with Crippen molar-refractivity contribution in [2.24, 2.45) is 5.10 Å². The third-order valence-corrected chi connectivity index (χ3v) is 3.11. The Morgan fingerprint density at radius 2 is 2.15 bits per heavy atom. The summed E-state index contributed by atoms with van der Waals surface area (Å²) in [6.07, 6.45) is 1.70. The first-order chi connectivity index (χ1) is 9.70. The van der Waals surface area contributed by atoms with Gasteiger partial charge in [-0.3, -0.25) is 0 Å². The predicted octanol–water partition coefficient (Wildman–Crippen LogP) is 3.97. The lowest BCUT2D eigenvalue weighted by molar-refractivity contribution is 1.21. The highest BCUT2D eigenvalue weighted by Crippen LogP contribution is 2.15. The van der Waals surface area contributed by atoms with E-state index >= 15 is 0 Å². The van der Waals surface area contributed by atoms with E-state index in [1.165, 1.54) is 5.56 Å². The van der Waals surface area contributed by atoms with Crippen molar-refractivity contribution in [2.45, 2.75) is 6.92 Å². The first-order valence-electron chi connectivity index (χ1n) is 6.22. The molecule has 0 aliphatic rings. The molecule has 3 rings (SSSR count). The molecule has 2 N–H and O–H groups in total. The number of hydrogen-bond acceptors (Lipinski definition) is 3. The molecule has 0 amide bonds. The van der Waals surface area contributed by atoms with Crippen molar-refractivity contribution < 1.29 is 0 Å². The van der Waals surface area contributed by atoms with E-state index in [0.29, 0.717) is 11.0 Å². The molecule has 0 unspecified atom stereocenters. The quantitative estimate of drug-likeness (QED) is 0.565. The molecule has 2 aromatic carbocycles. The van der Waals surface area contributed by atoms with Crippen molar-refractivity contribution >= 4 is 34.8 Å². The molecule has 20 heavy (non-hydrogen) atoms. The van der Waals surface area contributed by atoms with Gasteiger partial charge >= 0.3 is 0 Å². The highest BCUT2D eigenvalue weighted by atomic mass is 35.5. The Labute approximate surface area is 121 Å².